The van der Waals surface area contributed by atoms with Crippen molar-refractivity contribution in [2.24, 2.45) is 16.1 Å². The van der Waals surface area contributed by atoms with E-state index < -0.39 is 11.5 Å². The van der Waals surface area contributed by atoms with Gasteiger partial charge in [-0.15, -0.1) is 0 Å². The molecule has 1 atom stereocenters. The Labute approximate surface area is 133 Å². The van der Waals surface area contributed by atoms with Crippen LogP contribution in [0.5, 0.6) is 0 Å². The number of primary amides is 1. The van der Waals surface area contributed by atoms with Gasteiger partial charge in [0.05, 0.1) is 25.5 Å². The minimum Gasteiger partial charge on any atom is -0.465 e. The largest absolute Gasteiger partial charge is 0.465 e. The average Bonchev–Trinajstić information content (AvgIpc) is 2.51. The second kappa shape index (κ2) is 9.70. The number of nitrogens with zero attached hydrogens (tertiary/aromatic N) is 1. The van der Waals surface area contributed by atoms with E-state index in [4.69, 9.17) is 9.90 Å². The van der Waals surface area contributed by atoms with Gasteiger partial charge in [0.1, 0.15) is 0 Å². The molecule has 0 fully saturated rings. The van der Waals surface area contributed by atoms with Crippen LogP contribution < -0.4 is 5.73 Å². The third-order valence-corrected chi connectivity index (χ3v) is 3.76. The number of rotatable bonds is 6. The number of hydrogen-bond donors (Lipinski definition) is 5. The Morgan fingerprint density at radius 1 is 1.30 bits per heavy atom. The van der Waals surface area contributed by atoms with E-state index in [2.05, 4.69) is 10.7 Å². The number of carboxylic acid groups (broad SMARTS) is 1. The molecule has 128 valence electrons. The summed E-state index contributed by atoms with van der Waals surface area (Å²) in [4.78, 5) is 22.8. The fourth-order valence-corrected chi connectivity index (χ4v) is 1.98. The lowest BCUT2D eigenvalue weighted by Gasteiger charge is -2.34. The van der Waals surface area contributed by atoms with E-state index in [0.29, 0.717) is 5.69 Å². The zero-order valence-corrected chi connectivity index (χ0v) is 13.1. The molecule has 0 aliphatic carbocycles. The maximum atomic E-state index is 10.4. The number of amides is 1. The molecule has 0 saturated carbocycles. The standard InChI is InChI=1S/C14H19NO4.CH3NO2/c1-10-3-4-12(5-13(10)15-9-19)11(2)14(6-16,7-17)8-18;2-1(3)4/h3-5,11,16-18H,6-8H2,1-2H3;2H2,(H,3,4). The molecule has 1 aromatic carbocycles. The van der Waals surface area contributed by atoms with Gasteiger partial charge in [-0.2, -0.15) is 4.99 Å². The van der Waals surface area contributed by atoms with Crippen molar-refractivity contribution in [2.75, 3.05) is 19.8 Å². The molecule has 1 unspecified atom stereocenters. The fourth-order valence-electron chi connectivity index (χ4n) is 1.98. The molecule has 1 aromatic rings. The number of nitrogens with two attached hydrogens (primary N) is 1. The molecule has 23 heavy (non-hydrogen) atoms. The Morgan fingerprint density at radius 2 is 1.78 bits per heavy atom. The third kappa shape index (κ3) is 5.80. The van der Waals surface area contributed by atoms with Crippen LogP contribution in [0.4, 0.5) is 10.5 Å². The third-order valence-electron chi connectivity index (χ3n) is 3.76. The second-order valence-electron chi connectivity index (χ2n) is 5.15. The van der Waals surface area contributed by atoms with E-state index in [9.17, 15) is 20.1 Å². The van der Waals surface area contributed by atoms with E-state index in [1.165, 1.54) is 6.08 Å². The van der Waals surface area contributed by atoms with Crippen molar-refractivity contribution < 1.29 is 30.0 Å². The van der Waals surface area contributed by atoms with Gasteiger partial charge in [-0.3, -0.25) is 0 Å². The van der Waals surface area contributed by atoms with Crippen molar-refractivity contribution >= 4 is 17.9 Å². The summed E-state index contributed by atoms with van der Waals surface area (Å²) in [7, 11) is 0. The highest BCUT2D eigenvalue weighted by Gasteiger charge is 2.35. The molecule has 6 N–H and O–H groups in total. The van der Waals surface area contributed by atoms with Crippen molar-refractivity contribution in [3.63, 3.8) is 0 Å². The summed E-state index contributed by atoms with van der Waals surface area (Å²) in [5, 5.41) is 35.5. The molecule has 0 heterocycles. The Hall–Kier alpha value is -2.25. The van der Waals surface area contributed by atoms with Crippen LogP contribution in [0.15, 0.2) is 23.2 Å². The summed E-state index contributed by atoms with van der Waals surface area (Å²) >= 11 is 0. The first-order valence-electron chi connectivity index (χ1n) is 6.77. The van der Waals surface area contributed by atoms with Gasteiger partial charge in [-0.05, 0) is 30.0 Å². The number of carbonyl (C=O) groups excluding carboxylic acids is 1. The van der Waals surface area contributed by atoms with Crippen LogP contribution in [0.25, 0.3) is 0 Å². The van der Waals surface area contributed by atoms with E-state index in [-0.39, 0.29) is 25.7 Å². The lowest BCUT2D eigenvalue weighted by molar-refractivity contribution is -0.0111. The monoisotopic (exact) mass is 326 g/mol. The molecule has 0 spiro atoms. The van der Waals surface area contributed by atoms with E-state index in [1.807, 2.05) is 19.9 Å². The zero-order chi connectivity index (χ0) is 18.0. The minimum atomic E-state index is -1.33. The van der Waals surface area contributed by atoms with Gasteiger partial charge in [0, 0.05) is 5.41 Å². The van der Waals surface area contributed by atoms with Gasteiger partial charge in [0.2, 0.25) is 6.08 Å². The first-order chi connectivity index (χ1) is 10.8. The molecule has 1 amide bonds. The Kier molecular flexibility index (Phi) is 8.75. The lowest BCUT2D eigenvalue weighted by atomic mass is 9.74. The topological polar surface area (TPSA) is 153 Å². The molecular formula is C15H22N2O6. The highest BCUT2D eigenvalue weighted by Crippen LogP contribution is 2.36. The zero-order valence-electron chi connectivity index (χ0n) is 13.1. The van der Waals surface area contributed by atoms with Crippen LogP contribution in [0.2, 0.25) is 0 Å². The first-order valence-corrected chi connectivity index (χ1v) is 6.77. The first kappa shape index (κ1) is 20.8. The van der Waals surface area contributed by atoms with Crippen LogP contribution in [0, 0.1) is 12.3 Å². The number of benzene rings is 1. The number of carbonyl (C=O) groups is 1. The van der Waals surface area contributed by atoms with Gasteiger partial charge < -0.3 is 26.2 Å². The van der Waals surface area contributed by atoms with Gasteiger partial charge in [0.15, 0.2) is 0 Å². The summed E-state index contributed by atoms with van der Waals surface area (Å²) < 4.78 is 0. The molecule has 0 aliphatic heterocycles. The Balaban J connectivity index is 0.00000108. The predicted molar refractivity (Wildman–Crippen MR) is 83.3 cm³/mol. The van der Waals surface area contributed by atoms with Crippen LogP contribution in [0.3, 0.4) is 0 Å². The number of aliphatic hydroxyl groups excluding tert-OH is 3. The second-order valence-corrected chi connectivity index (χ2v) is 5.15. The van der Waals surface area contributed by atoms with Crippen LogP contribution >= 0.6 is 0 Å². The van der Waals surface area contributed by atoms with Gasteiger partial charge in [-0.1, -0.05) is 19.1 Å². The van der Waals surface area contributed by atoms with Gasteiger partial charge in [-0.25, -0.2) is 9.59 Å². The molecule has 8 heteroatoms. The Bertz CT molecular complexity index is 553. The molecule has 1 rings (SSSR count). The summed E-state index contributed by atoms with van der Waals surface area (Å²) in [6.45, 7) is 2.63. The fraction of sp³-hybridized carbons (Fsp3) is 0.467. The van der Waals surface area contributed by atoms with Crippen molar-refractivity contribution in [1.82, 2.24) is 0 Å². The van der Waals surface area contributed by atoms with E-state index >= 15 is 0 Å². The summed E-state index contributed by atoms with van der Waals surface area (Å²) in [6.07, 6.45) is 0.165. The molecule has 0 saturated heterocycles. The number of aliphatic imine (C=N–C) groups is 1. The van der Waals surface area contributed by atoms with Crippen molar-refractivity contribution in [2.45, 2.75) is 19.8 Å². The van der Waals surface area contributed by atoms with E-state index in [1.54, 1.807) is 12.1 Å². The highest BCUT2D eigenvalue weighted by atomic mass is 16.4. The van der Waals surface area contributed by atoms with Crippen LogP contribution in [-0.2, 0) is 4.79 Å². The number of aryl methyl sites for hydroxylation is 1. The molecule has 0 aliphatic rings. The molecule has 0 radical (unpaired) electrons. The normalized spacial score (nSPS) is 11.7. The smallest absolute Gasteiger partial charge is 0.402 e. The van der Waals surface area contributed by atoms with Crippen molar-refractivity contribution in [1.29, 1.82) is 0 Å². The number of aliphatic hydroxyl groups is 3. The van der Waals surface area contributed by atoms with Gasteiger partial charge >= 0.3 is 6.09 Å². The summed E-state index contributed by atoms with van der Waals surface area (Å²) in [6, 6.07) is 5.35. The highest BCUT2D eigenvalue weighted by molar-refractivity contribution is 5.61. The summed E-state index contributed by atoms with van der Waals surface area (Å²) in [5.41, 5.74) is 5.15. The van der Waals surface area contributed by atoms with Crippen LogP contribution in [-0.4, -0.2) is 52.4 Å². The quantitative estimate of drug-likeness (QED) is 0.382. The SMILES string of the molecule is Cc1ccc(C(C)C(CO)(CO)CO)cc1N=C=O.NC(=O)O. The van der Waals surface area contributed by atoms with Crippen LogP contribution in [0.1, 0.15) is 24.0 Å². The Morgan fingerprint density at radius 3 is 2.17 bits per heavy atom. The molecular weight excluding hydrogens is 304 g/mol. The van der Waals surface area contributed by atoms with Gasteiger partial charge in [0.25, 0.3) is 0 Å². The summed E-state index contributed by atoms with van der Waals surface area (Å²) in [5.74, 6) is -0.284. The lowest BCUT2D eigenvalue weighted by Crippen LogP contribution is -2.39. The predicted octanol–water partition coefficient (Wildman–Crippen LogP) is 0.652. The van der Waals surface area contributed by atoms with Crippen molar-refractivity contribution in [3.05, 3.63) is 29.3 Å². The molecule has 0 bridgehead atoms. The average molecular weight is 326 g/mol. The maximum absolute atomic E-state index is 10.4. The minimum absolute atomic E-state index is 0.284. The number of isocyanates is 1. The van der Waals surface area contributed by atoms with Crippen molar-refractivity contribution in [3.8, 4) is 0 Å². The number of hydrogen-bond acceptors (Lipinski definition) is 6. The molecule has 8 nitrogen and oxygen atoms in total. The molecule has 0 aromatic heterocycles. The maximum Gasteiger partial charge on any atom is 0.402 e. The van der Waals surface area contributed by atoms with E-state index in [0.717, 1.165) is 11.1 Å².